The van der Waals surface area contributed by atoms with E-state index in [0.717, 1.165) is 31.2 Å². The van der Waals surface area contributed by atoms with Gasteiger partial charge in [0.25, 0.3) is 5.91 Å². The SMILES string of the molecule is Cc1ccc(NS(C)(=O)=O)c(C(=O)NC2CCNC(C)C2)c1. The van der Waals surface area contributed by atoms with E-state index >= 15 is 0 Å². The molecular formula is C15H23N3O3S. The molecule has 1 aromatic rings. The molecule has 0 saturated carbocycles. The maximum Gasteiger partial charge on any atom is 0.253 e. The number of rotatable bonds is 4. The van der Waals surface area contributed by atoms with Gasteiger partial charge in [-0.05, 0) is 45.4 Å². The van der Waals surface area contributed by atoms with Crippen molar-refractivity contribution in [2.24, 2.45) is 0 Å². The number of aryl methyl sites for hydroxylation is 1. The fourth-order valence-electron chi connectivity index (χ4n) is 2.66. The number of hydrogen-bond acceptors (Lipinski definition) is 4. The Kier molecular flexibility index (Phi) is 5.08. The molecule has 1 amide bonds. The number of benzene rings is 1. The number of hydrogen-bond donors (Lipinski definition) is 3. The first-order chi connectivity index (χ1) is 10.2. The van der Waals surface area contributed by atoms with E-state index in [4.69, 9.17) is 0 Å². The molecule has 0 aliphatic carbocycles. The molecule has 122 valence electrons. The summed E-state index contributed by atoms with van der Waals surface area (Å²) in [6.45, 7) is 4.82. The van der Waals surface area contributed by atoms with Crippen molar-refractivity contribution in [2.45, 2.75) is 38.8 Å². The minimum atomic E-state index is -3.43. The third kappa shape index (κ3) is 4.71. The number of amides is 1. The number of anilines is 1. The average molecular weight is 325 g/mol. The summed E-state index contributed by atoms with van der Waals surface area (Å²) >= 11 is 0. The Morgan fingerprint density at radius 1 is 1.36 bits per heavy atom. The van der Waals surface area contributed by atoms with Gasteiger partial charge in [0.2, 0.25) is 10.0 Å². The highest BCUT2D eigenvalue weighted by molar-refractivity contribution is 7.92. The lowest BCUT2D eigenvalue weighted by atomic mass is 10.00. The van der Waals surface area contributed by atoms with Crippen molar-refractivity contribution in [1.29, 1.82) is 0 Å². The highest BCUT2D eigenvalue weighted by atomic mass is 32.2. The highest BCUT2D eigenvalue weighted by Gasteiger charge is 2.22. The number of nitrogens with one attached hydrogen (secondary N) is 3. The van der Waals surface area contributed by atoms with Crippen molar-refractivity contribution < 1.29 is 13.2 Å². The summed E-state index contributed by atoms with van der Waals surface area (Å²) in [6, 6.07) is 5.57. The van der Waals surface area contributed by atoms with Crippen LogP contribution in [0.15, 0.2) is 18.2 Å². The van der Waals surface area contributed by atoms with E-state index in [-0.39, 0.29) is 11.9 Å². The number of carbonyl (C=O) groups excluding carboxylic acids is 1. The molecule has 1 aliphatic heterocycles. The summed E-state index contributed by atoms with van der Waals surface area (Å²) in [5.74, 6) is -0.242. The van der Waals surface area contributed by atoms with Crippen LogP contribution in [0, 0.1) is 6.92 Å². The van der Waals surface area contributed by atoms with E-state index in [9.17, 15) is 13.2 Å². The van der Waals surface area contributed by atoms with Crippen LogP contribution in [0.1, 0.15) is 35.7 Å². The monoisotopic (exact) mass is 325 g/mol. The number of carbonyl (C=O) groups is 1. The Morgan fingerprint density at radius 2 is 2.09 bits per heavy atom. The number of sulfonamides is 1. The lowest BCUT2D eigenvalue weighted by Crippen LogP contribution is -2.46. The van der Waals surface area contributed by atoms with Crippen LogP contribution in [0.25, 0.3) is 0 Å². The Hall–Kier alpha value is -1.60. The van der Waals surface area contributed by atoms with Gasteiger partial charge in [-0.2, -0.15) is 0 Å². The van der Waals surface area contributed by atoms with Gasteiger partial charge < -0.3 is 10.6 Å². The highest BCUT2D eigenvalue weighted by Crippen LogP contribution is 2.19. The van der Waals surface area contributed by atoms with Crippen molar-refractivity contribution >= 4 is 21.6 Å². The standard InChI is InChI=1S/C15H23N3O3S/c1-10-4-5-14(18-22(3,20)21)13(8-10)15(19)17-12-6-7-16-11(2)9-12/h4-5,8,11-12,16,18H,6-7,9H2,1-3H3,(H,17,19). The van der Waals surface area contributed by atoms with E-state index in [1.165, 1.54) is 0 Å². The summed E-state index contributed by atoms with van der Waals surface area (Å²) in [6.07, 6.45) is 2.81. The zero-order valence-electron chi connectivity index (χ0n) is 13.1. The first kappa shape index (κ1) is 16.8. The van der Waals surface area contributed by atoms with Crippen molar-refractivity contribution in [1.82, 2.24) is 10.6 Å². The predicted octanol–water partition coefficient (Wildman–Crippen LogP) is 1.24. The molecule has 2 atom stereocenters. The molecule has 2 unspecified atom stereocenters. The third-order valence-corrected chi connectivity index (χ3v) is 4.26. The molecule has 0 spiro atoms. The minimum Gasteiger partial charge on any atom is -0.349 e. The van der Waals surface area contributed by atoms with Crippen LogP contribution in [0.2, 0.25) is 0 Å². The first-order valence-electron chi connectivity index (χ1n) is 7.37. The summed E-state index contributed by atoms with van der Waals surface area (Å²) in [7, 11) is -3.43. The van der Waals surface area contributed by atoms with Crippen molar-refractivity contribution in [3.05, 3.63) is 29.3 Å². The summed E-state index contributed by atoms with van der Waals surface area (Å²) in [5.41, 5.74) is 1.58. The van der Waals surface area contributed by atoms with Gasteiger partial charge in [0, 0.05) is 12.1 Å². The van der Waals surface area contributed by atoms with E-state index in [2.05, 4.69) is 22.3 Å². The molecule has 1 heterocycles. The summed E-state index contributed by atoms with van der Waals surface area (Å²) < 4.78 is 25.3. The van der Waals surface area contributed by atoms with Crippen LogP contribution in [0.5, 0.6) is 0 Å². The number of piperidine rings is 1. The van der Waals surface area contributed by atoms with Crippen LogP contribution in [-0.4, -0.2) is 39.2 Å². The quantitative estimate of drug-likeness (QED) is 0.777. The van der Waals surface area contributed by atoms with Crippen molar-refractivity contribution in [2.75, 3.05) is 17.5 Å². The lowest BCUT2D eigenvalue weighted by molar-refractivity contribution is 0.0926. The molecule has 0 radical (unpaired) electrons. The summed E-state index contributed by atoms with van der Waals surface area (Å²) in [5, 5.41) is 6.34. The Labute approximate surface area is 131 Å². The van der Waals surface area contributed by atoms with E-state index in [1.54, 1.807) is 18.2 Å². The van der Waals surface area contributed by atoms with E-state index in [1.807, 2.05) is 6.92 Å². The molecule has 0 bridgehead atoms. The predicted molar refractivity (Wildman–Crippen MR) is 87.6 cm³/mol. The zero-order chi connectivity index (χ0) is 16.3. The Bertz CT molecular complexity index is 658. The molecule has 3 N–H and O–H groups in total. The second-order valence-electron chi connectivity index (χ2n) is 5.97. The molecule has 1 fully saturated rings. The minimum absolute atomic E-state index is 0.107. The second kappa shape index (κ2) is 6.66. The maximum absolute atomic E-state index is 12.5. The molecule has 2 rings (SSSR count). The molecule has 1 saturated heterocycles. The van der Waals surface area contributed by atoms with Gasteiger partial charge >= 0.3 is 0 Å². The average Bonchev–Trinajstić information content (AvgIpc) is 2.39. The first-order valence-corrected chi connectivity index (χ1v) is 9.26. The van der Waals surface area contributed by atoms with Gasteiger partial charge in [0.15, 0.2) is 0 Å². The Morgan fingerprint density at radius 3 is 2.73 bits per heavy atom. The largest absolute Gasteiger partial charge is 0.349 e. The van der Waals surface area contributed by atoms with Gasteiger partial charge in [-0.15, -0.1) is 0 Å². The zero-order valence-corrected chi connectivity index (χ0v) is 14.0. The fourth-order valence-corrected chi connectivity index (χ4v) is 3.24. The van der Waals surface area contributed by atoms with Crippen molar-refractivity contribution in [3.63, 3.8) is 0 Å². The van der Waals surface area contributed by atoms with Crippen LogP contribution >= 0.6 is 0 Å². The molecule has 22 heavy (non-hydrogen) atoms. The van der Waals surface area contributed by atoms with Crippen LogP contribution < -0.4 is 15.4 Å². The van der Waals surface area contributed by atoms with Crippen LogP contribution in [-0.2, 0) is 10.0 Å². The van der Waals surface area contributed by atoms with Crippen LogP contribution in [0.4, 0.5) is 5.69 Å². The molecule has 7 heteroatoms. The molecule has 6 nitrogen and oxygen atoms in total. The molecule has 1 aromatic carbocycles. The topological polar surface area (TPSA) is 87.3 Å². The van der Waals surface area contributed by atoms with Gasteiger partial charge in [-0.25, -0.2) is 8.42 Å². The second-order valence-corrected chi connectivity index (χ2v) is 7.72. The van der Waals surface area contributed by atoms with E-state index in [0.29, 0.717) is 17.3 Å². The normalized spacial score (nSPS) is 22.1. The summed E-state index contributed by atoms with van der Waals surface area (Å²) in [4.78, 5) is 12.5. The van der Waals surface area contributed by atoms with E-state index < -0.39 is 10.0 Å². The molecule has 0 aromatic heterocycles. The fraction of sp³-hybridized carbons (Fsp3) is 0.533. The van der Waals surface area contributed by atoms with Gasteiger partial charge in [-0.1, -0.05) is 11.6 Å². The van der Waals surface area contributed by atoms with Crippen LogP contribution in [0.3, 0.4) is 0 Å². The lowest BCUT2D eigenvalue weighted by Gasteiger charge is -2.29. The van der Waals surface area contributed by atoms with Gasteiger partial charge in [0.1, 0.15) is 0 Å². The van der Waals surface area contributed by atoms with Crippen molar-refractivity contribution in [3.8, 4) is 0 Å². The van der Waals surface area contributed by atoms with Gasteiger partial charge in [0.05, 0.1) is 17.5 Å². The Balaban J connectivity index is 2.19. The van der Waals surface area contributed by atoms with Gasteiger partial charge in [-0.3, -0.25) is 9.52 Å². The molecule has 1 aliphatic rings. The smallest absolute Gasteiger partial charge is 0.253 e. The maximum atomic E-state index is 12.5. The third-order valence-electron chi connectivity index (χ3n) is 3.67. The molecular weight excluding hydrogens is 302 g/mol.